The lowest BCUT2D eigenvalue weighted by Gasteiger charge is -1.88. The first-order valence-electron chi connectivity index (χ1n) is 1.87. The van der Waals surface area contributed by atoms with Gasteiger partial charge in [0.15, 0.2) is 0 Å². The van der Waals surface area contributed by atoms with Crippen LogP contribution in [0.15, 0.2) is 0 Å². The van der Waals surface area contributed by atoms with Crippen LogP contribution < -0.4 is 5.32 Å². The van der Waals surface area contributed by atoms with Gasteiger partial charge in [-0.3, -0.25) is 4.79 Å². The van der Waals surface area contributed by atoms with E-state index in [4.69, 9.17) is 0 Å². The van der Waals surface area contributed by atoms with Crippen LogP contribution in [0.2, 0.25) is 0 Å². The second kappa shape index (κ2) is 2.69. The standard InChI is InChI=1S/C4H8NO/c1-3-5-4(2)6/h2-3H2,1H3,(H,5,6). The Balaban J connectivity index is 2.83. The maximum atomic E-state index is 9.82. The maximum absolute atomic E-state index is 9.82. The molecule has 0 aliphatic heterocycles. The fourth-order valence-electron chi connectivity index (χ4n) is 0.197. The minimum atomic E-state index is -0.211. The van der Waals surface area contributed by atoms with Gasteiger partial charge in [-0.15, -0.1) is 0 Å². The normalized spacial score (nSPS) is 7.67. The first-order chi connectivity index (χ1) is 2.77. The van der Waals surface area contributed by atoms with E-state index < -0.39 is 0 Å². The van der Waals surface area contributed by atoms with Crippen LogP contribution in [-0.2, 0) is 4.79 Å². The van der Waals surface area contributed by atoms with Crippen molar-refractivity contribution in [3.8, 4) is 0 Å². The van der Waals surface area contributed by atoms with Crippen molar-refractivity contribution in [1.82, 2.24) is 5.32 Å². The van der Waals surface area contributed by atoms with Gasteiger partial charge in [0.05, 0.1) is 0 Å². The van der Waals surface area contributed by atoms with E-state index in [1.54, 1.807) is 0 Å². The first-order valence-corrected chi connectivity index (χ1v) is 1.87. The van der Waals surface area contributed by atoms with Gasteiger partial charge in [0.2, 0.25) is 5.91 Å². The highest BCUT2D eigenvalue weighted by molar-refractivity contribution is 5.79. The Bertz CT molecular complexity index is 51.5. The summed E-state index contributed by atoms with van der Waals surface area (Å²) in [5.74, 6) is -0.211. The smallest absolute Gasteiger partial charge is 0.220 e. The van der Waals surface area contributed by atoms with Crippen LogP contribution >= 0.6 is 0 Å². The van der Waals surface area contributed by atoms with Crippen molar-refractivity contribution < 1.29 is 4.79 Å². The van der Waals surface area contributed by atoms with Crippen LogP contribution in [0.4, 0.5) is 0 Å². The van der Waals surface area contributed by atoms with E-state index in [1.807, 2.05) is 6.92 Å². The van der Waals surface area contributed by atoms with Gasteiger partial charge in [0.1, 0.15) is 0 Å². The molecule has 0 spiro atoms. The van der Waals surface area contributed by atoms with E-state index in [1.165, 1.54) is 0 Å². The third-order valence-electron chi connectivity index (χ3n) is 0.374. The van der Waals surface area contributed by atoms with Gasteiger partial charge in [-0.1, -0.05) is 0 Å². The monoisotopic (exact) mass is 86.1 g/mol. The third-order valence-corrected chi connectivity index (χ3v) is 0.374. The van der Waals surface area contributed by atoms with Crippen LogP contribution in [0.3, 0.4) is 0 Å². The SMILES string of the molecule is [CH2]C(=O)NCC. The first kappa shape index (κ1) is 5.47. The van der Waals surface area contributed by atoms with Crippen molar-refractivity contribution in [2.24, 2.45) is 0 Å². The zero-order valence-electron chi connectivity index (χ0n) is 3.82. The average Bonchev–Trinajstić information content (AvgIpc) is 1.35. The lowest BCUT2D eigenvalue weighted by atomic mass is 10.6. The summed E-state index contributed by atoms with van der Waals surface area (Å²) < 4.78 is 0. The zero-order chi connectivity index (χ0) is 4.99. The molecule has 0 aromatic heterocycles. The summed E-state index contributed by atoms with van der Waals surface area (Å²) in [5.41, 5.74) is 0. The Morgan fingerprint density at radius 3 is 2.50 bits per heavy atom. The molecule has 0 rings (SSSR count). The summed E-state index contributed by atoms with van der Waals surface area (Å²) in [6.07, 6.45) is 0. The van der Waals surface area contributed by atoms with Crippen molar-refractivity contribution in [2.45, 2.75) is 6.92 Å². The summed E-state index contributed by atoms with van der Waals surface area (Å²) in [7, 11) is 0. The molecule has 0 aliphatic rings. The van der Waals surface area contributed by atoms with Crippen molar-refractivity contribution in [3.63, 3.8) is 0 Å². The summed E-state index contributed by atoms with van der Waals surface area (Å²) in [5, 5.41) is 2.46. The highest BCUT2D eigenvalue weighted by Gasteiger charge is 1.79. The predicted octanol–water partition coefficient (Wildman–Crippen LogP) is -0.0434. The molecule has 0 atom stereocenters. The van der Waals surface area contributed by atoms with Gasteiger partial charge in [0.25, 0.3) is 0 Å². The van der Waals surface area contributed by atoms with Crippen molar-refractivity contribution in [1.29, 1.82) is 0 Å². The number of hydrogen-bond acceptors (Lipinski definition) is 1. The Labute approximate surface area is 37.5 Å². The maximum Gasteiger partial charge on any atom is 0.220 e. The molecule has 2 nitrogen and oxygen atoms in total. The second-order valence-corrected chi connectivity index (χ2v) is 0.954. The van der Waals surface area contributed by atoms with E-state index in [0.29, 0.717) is 6.54 Å². The molecule has 0 aromatic carbocycles. The van der Waals surface area contributed by atoms with Crippen molar-refractivity contribution in [3.05, 3.63) is 6.92 Å². The van der Waals surface area contributed by atoms with Gasteiger partial charge in [-0.25, -0.2) is 0 Å². The molecule has 0 saturated heterocycles. The number of carbonyl (C=O) groups excluding carboxylic acids is 1. The molecule has 1 N–H and O–H groups in total. The Kier molecular flexibility index (Phi) is 2.46. The van der Waals surface area contributed by atoms with Crippen LogP contribution in [0, 0.1) is 6.92 Å². The fourth-order valence-corrected chi connectivity index (χ4v) is 0.197. The van der Waals surface area contributed by atoms with Gasteiger partial charge < -0.3 is 5.32 Å². The molecule has 35 valence electrons. The van der Waals surface area contributed by atoms with Crippen LogP contribution in [0.1, 0.15) is 6.92 Å². The van der Waals surface area contributed by atoms with E-state index in [9.17, 15) is 4.79 Å². The van der Waals surface area contributed by atoms with E-state index in [0.717, 1.165) is 0 Å². The third kappa shape index (κ3) is 3.47. The number of rotatable bonds is 1. The van der Waals surface area contributed by atoms with Crippen molar-refractivity contribution in [2.75, 3.05) is 6.54 Å². The predicted molar refractivity (Wildman–Crippen MR) is 24.0 cm³/mol. The van der Waals surface area contributed by atoms with E-state index in [-0.39, 0.29) is 5.91 Å². The highest BCUT2D eigenvalue weighted by Crippen LogP contribution is 1.53. The molecular formula is C4H8NO. The van der Waals surface area contributed by atoms with Gasteiger partial charge >= 0.3 is 0 Å². The number of nitrogens with one attached hydrogen (secondary N) is 1. The molecule has 0 aromatic rings. The molecule has 1 amide bonds. The Morgan fingerprint density at radius 1 is 2.00 bits per heavy atom. The quantitative estimate of drug-likeness (QED) is 0.476. The number of hydrogen-bond donors (Lipinski definition) is 1. The molecule has 6 heavy (non-hydrogen) atoms. The van der Waals surface area contributed by atoms with E-state index in [2.05, 4.69) is 12.2 Å². The van der Waals surface area contributed by atoms with Crippen LogP contribution in [0.25, 0.3) is 0 Å². The lowest BCUT2D eigenvalue weighted by molar-refractivity contribution is -0.116. The fraction of sp³-hybridized carbons (Fsp3) is 0.500. The van der Waals surface area contributed by atoms with Crippen LogP contribution in [-0.4, -0.2) is 12.5 Å². The Hall–Kier alpha value is -0.530. The largest absolute Gasteiger partial charge is 0.356 e. The second-order valence-electron chi connectivity index (χ2n) is 0.954. The molecule has 0 heterocycles. The zero-order valence-corrected chi connectivity index (χ0v) is 3.82. The van der Waals surface area contributed by atoms with Crippen molar-refractivity contribution >= 4 is 5.91 Å². The van der Waals surface area contributed by atoms with Crippen LogP contribution in [0.5, 0.6) is 0 Å². The highest BCUT2D eigenvalue weighted by atomic mass is 16.1. The molecule has 0 saturated carbocycles. The summed E-state index contributed by atoms with van der Waals surface area (Å²) >= 11 is 0. The topological polar surface area (TPSA) is 29.1 Å². The minimum Gasteiger partial charge on any atom is -0.356 e. The summed E-state index contributed by atoms with van der Waals surface area (Å²) in [6.45, 7) is 5.60. The minimum absolute atomic E-state index is 0.211. The molecule has 1 radical (unpaired) electrons. The molecule has 0 fully saturated rings. The average molecular weight is 86.1 g/mol. The molecule has 2 heteroatoms. The van der Waals surface area contributed by atoms with Gasteiger partial charge in [-0.05, 0) is 6.92 Å². The molecule has 0 aliphatic carbocycles. The number of carbonyl (C=O) groups is 1. The summed E-state index contributed by atoms with van der Waals surface area (Å²) in [4.78, 5) is 9.82. The summed E-state index contributed by atoms with van der Waals surface area (Å²) in [6, 6.07) is 0. The Morgan fingerprint density at radius 2 is 2.50 bits per heavy atom. The molecule has 0 bridgehead atoms. The van der Waals surface area contributed by atoms with E-state index >= 15 is 0 Å². The number of amides is 1. The van der Waals surface area contributed by atoms with Gasteiger partial charge in [-0.2, -0.15) is 0 Å². The van der Waals surface area contributed by atoms with Gasteiger partial charge in [0, 0.05) is 13.5 Å². The molecule has 0 unspecified atom stereocenters. The molecular weight excluding hydrogens is 78.0 g/mol. The lowest BCUT2D eigenvalue weighted by Crippen LogP contribution is -2.18.